The lowest BCUT2D eigenvalue weighted by atomic mass is 10.1. The van der Waals surface area contributed by atoms with Gasteiger partial charge in [-0.2, -0.15) is 0 Å². The van der Waals surface area contributed by atoms with Crippen molar-refractivity contribution in [3.8, 4) is 0 Å². The van der Waals surface area contributed by atoms with Gasteiger partial charge in [-0.1, -0.05) is 11.6 Å². The molecule has 1 aliphatic rings. The van der Waals surface area contributed by atoms with Crippen LogP contribution in [-0.4, -0.2) is 77.3 Å². The Hall–Kier alpha value is -2.19. The summed E-state index contributed by atoms with van der Waals surface area (Å²) in [6.07, 6.45) is 0.752. The second kappa shape index (κ2) is 9.66. The number of nitro benzene ring substituents is 1. The van der Waals surface area contributed by atoms with Crippen LogP contribution in [0.2, 0.25) is 5.02 Å². The van der Waals surface area contributed by atoms with E-state index in [4.69, 9.17) is 11.6 Å². The van der Waals surface area contributed by atoms with Crippen LogP contribution in [0.15, 0.2) is 18.2 Å². The minimum Gasteiger partial charge on any atom is -0.342 e. The van der Waals surface area contributed by atoms with Gasteiger partial charge >= 0.3 is 0 Å². The molecule has 0 aromatic heterocycles. The summed E-state index contributed by atoms with van der Waals surface area (Å²) in [6, 6.07) is 3.88. The molecular weight excluding hydrogens is 372 g/mol. The van der Waals surface area contributed by atoms with E-state index in [2.05, 4.69) is 4.90 Å². The van der Waals surface area contributed by atoms with E-state index in [9.17, 15) is 19.7 Å². The highest BCUT2D eigenvalue weighted by atomic mass is 35.5. The fraction of sp³-hybridized carbons (Fsp3) is 0.556. The predicted molar refractivity (Wildman–Crippen MR) is 103 cm³/mol. The first-order valence-corrected chi connectivity index (χ1v) is 9.48. The van der Waals surface area contributed by atoms with Crippen LogP contribution in [0.1, 0.15) is 30.6 Å². The van der Waals surface area contributed by atoms with Crippen molar-refractivity contribution < 1.29 is 14.5 Å². The maximum atomic E-state index is 12.8. The second-order valence-corrected chi connectivity index (χ2v) is 6.82. The van der Waals surface area contributed by atoms with E-state index in [1.54, 1.807) is 9.80 Å². The molecule has 0 bridgehead atoms. The molecule has 0 atom stereocenters. The molecule has 0 saturated carbocycles. The van der Waals surface area contributed by atoms with E-state index in [1.807, 2.05) is 13.8 Å². The number of hydrogen-bond donors (Lipinski definition) is 0. The molecule has 0 aliphatic carbocycles. The first-order valence-electron chi connectivity index (χ1n) is 9.10. The van der Waals surface area contributed by atoms with E-state index >= 15 is 0 Å². The van der Waals surface area contributed by atoms with Crippen LogP contribution in [-0.2, 0) is 4.79 Å². The lowest BCUT2D eigenvalue weighted by molar-refractivity contribution is -0.384. The predicted octanol–water partition coefficient (Wildman–Crippen LogP) is 2.26. The van der Waals surface area contributed by atoms with Gasteiger partial charge in [0.2, 0.25) is 5.91 Å². The van der Waals surface area contributed by atoms with Crippen LogP contribution >= 0.6 is 11.6 Å². The van der Waals surface area contributed by atoms with Crippen molar-refractivity contribution in [2.24, 2.45) is 0 Å². The van der Waals surface area contributed by atoms with Gasteiger partial charge in [0, 0.05) is 51.4 Å². The summed E-state index contributed by atoms with van der Waals surface area (Å²) in [5.74, 6) is -0.148. The molecule has 9 heteroatoms. The van der Waals surface area contributed by atoms with Gasteiger partial charge < -0.3 is 9.80 Å². The van der Waals surface area contributed by atoms with Crippen molar-refractivity contribution >= 4 is 29.1 Å². The number of likely N-dealkylation sites (N-methyl/N-ethyl adjacent to an activating group) is 1. The van der Waals surface area contributed by atoms with E-state index < -0.39 is 4.92 Å². The Morgan fingerprint density at radius 3 is 2.48 bits per heavy atom. The number of non-ortho nitro benzene ring substituents is 1. The van der Waals surface area contributed by atoms with Crippen LogP contribution in [0, 0.1) is 10.1 Å². The monoisotopic (exact) mass is 396 g/mol. The second-order valence-electron chi connectivity index (χ2n) is 6.41. The number of benzene rings is 1. The van der Waals surface area contributed by atoms with Crippen LogP contribution in [0.4, 0.5) is 5.69 Å². The third-order valence-corrected chi connectivity index (χ3v) is 5.06. The lowest BCUT2D eigenvalue weighted by Gasteiger charge is -2.25. The van der Waals surface area contributed by atoms with Crippen molar-refractivity contribution in [1.82, 2.24) is 14.7 Å². The van der Waals surface area contributed by atoms with Crippen LogP contribution in [0.3, 0.4) is 0 Å². The van der Waals surface area contributed by atoms with Gasteiger partial charge in [0.15, 0.2) is 0 Å². The molecule has 2 amide bonds. The third-order valence-electron chi connectivity index (χ3n) is 4.74. The normalized spacial score (nSPS) is 15.3. The minimum absolute atomic E-state index is 0.0759. The average Bonchev–Trinajstić information content (AvgIpc) is 2.87. The standard InChI is InChI=1S/C18H25ClN4O4/c1-3-21(4-2)17(24)13-20-8-5-9-22(11-10-20)18(25)15-7-6-14(23(26)27)12-16(15)19/h6-7,12H,3-5,8-11,13H2,1-2H3. The zero-order chi connectivity index (χ0) is 20.0. The number of nitro groups is 1. The highest BCUT2D eigenvalue weighted by molar-refractivity contribution is 6.34. The summed E-state index contributed by atoms with van der Waals surface area (Å²) in [6.45, 7) is 8.02. The first-order chi connectivity index (χ1) is 12.9. The summed E-state index contributed by atoms with van der Waals surface area (Å²) >= 11 is 6.08. The first kappa shape index (κ1) is 21.1. The van der Waals surface area contributed by atoms with Crippen molar-refractivity contribution in [1.29, 1.82) is 0 Å². The van der Waals surface area contributed by atoms with Gasteiger partial charge in [-0.25, -0.2) is 0 Å². The average molecular weight is 397 g/mol. The van der Waals surface area contributed by atoms with Gasteiger partial charge in [0.05, 0.1) is 22.1 Å². The lowest BCUT2D eigenvalue weighted by Crippen LogP contribution is -2.42. The third kappa shape index (κ3) is 5.40. The molecule has 0 unspecified atom stereocenters. The number of nitrogens with zero attached hydrogens (tertiary/aromatic N) is 4. The fourth-order valence-electron chi connectivity index (χ4n) is 3.16. The molecule has 1 fully saturated rings. The van der Waals surface area contributed by atoms with E-state index in [-0.39, 0.29) is 28.1 Å². The number of hydrogen-bond acceptors (Lipinski definition) is 5. The Labute approximate surface area is 163 Å². The molecule has 2 rings (SSSR count). The molecule has 0 N–H and O–H groups in total. The summed E-state index contributed by atoms with van der Waals surface area (Å²) in [5, 5.41) is 10.9. The van der Waals surface area contributed by atoms with Gasteiger partial charge in [-0.3, -0.25) is 24.6 Å². The number of amides is 2. The number of rotatable bonds is 6. The Bertz CT molecular complexity index is 709. The molecule has 1 saturated heterocycles. The molecular formula is C18H25ClN4O4. The van der Waals surface area contributed by atoms with Crippen LogP contribution < -0.4 is 0 Å². The van der Waals surface area contributed by atoms with Crippen molar-refractivity contribution in [3.63, 3.8) is 0 Å². The zero-order valence-corrected chi connectivity index (χ0v) is 16.4. The fourth-order valence-corrected chi connectivity index (χ4v) is 3.42. The van der Waals surface area contributed by atoms with Crippen molar-refractivity contribution in [3.05, 3.63) is 38.9 Å². The zero-order valence-electron chi connectivity index (χ0n) is 15.7. The number of halogens is 1. The maximum absolute atomic E-state index is 12.8. The van der Waals surface area contributed by atoms with Gasteiger partial charge in [-0.05, 0) is 26.3 Å². The Balaban J connectivity index is 2.00. The molecule has 0 spiro atoms. The van der Waals surface area contributed by atoms with Crippen LogP contribution in [0.25, 0.3) is 0 Å². The quantitative estimate of drug-likeness (QED) is 0.543. The molecule has 1 heterocycles. The molecule has 1 aromatic carbocycles. The Morgan fingerprint density at radius 2 is 1.89 bits per heavy atom. The number of carbonyl (C=O) groups is 2. The SMILES string of the molecule is CCN(CC)C(=O)CN1CCCN(C(=O)c2ccc([N+](=O)[O-])cc2Cl)CC1. The van der Waals surface area contributed by atoms with Gasteiger partial charge in [0.1, 0.15) is 0 Å². The number of carbonyl (C=O) groups excluding carboxylic acids is 2. The summed E-state index contributed by atoms with van der Waals surface area (Å²) in [7, 11) is 0. The Morgan fingerprint density at radius 1 is 1.19 bits per heavy atom. The molecule has 148 valence electrons. The highest BCUT2D eigenvalue weighted by Gasteiger charge is 2.24. The molecule has 1 aromatic rings. The molecule has 8 nitrogen and oxygen atoms in total. The molecule has 1 aliphatic heterocycles. The maximum Gasteiger partial charge on any atom is 0.270 e. The minimum atomic E-state index is -0.545. The van der Waals surface area contributed by atoms with E-state index in [0.29, 0.717) is 39.3 Å². The summed E-state index contributed by atoms with van der Waals surface area (Å²) in [5.41, 5.74) is 0.114. The largest absolute Gasteiger partial charge is 0.342 e. The smallest absolute Gasteiger partial charge is 0.270 e. The van der Waals surface area contributed by atoms with E-state index in [1.165, 1.54) is 18.2 Å². The van der Waals surface area contributed by atoms with Crippen LogP contribution in [0.5, 0.6) is 0 Å². The van der Waals surface area contributed by atoms with Gasteiger partial charge in [0.25, 0.3) is 11.6 Å². The molecule has 27 heavy (non-hydrogen) atoms. The molecule has 0 radical (unpaired) electrons. The van der Waals surface area contributed by atoms with Crippen molar-refractivity contribution in [2.75, 3.05) is 45.8 Å². The summed E-state index contributed by atoms with van der Waals surface area (Å²) in [4.78, 5) is 40.9. The topological polar surface area (TPSA) is 87.0 Å². The Kier molecular flexibility index (Phi) is 7.55. The van der Waals surface area contributed by atoms with Gasteiger partial charge in [-0.15, -0.1) is 0 Å². The summed E-state index contributed by atoms with van der Waals surface area (Å²) < 4.78 is 0. The van der Waals surface area contributed by atoms with E-state index in [0.717, 1.165) is 13.0 Å². The van der Waals surface area contributed by atoms with Crippen molar-refractivity contribution in [2.45, 2.75) is 20.3 Å². The highest BCUT2D eigenvalue weighted by Crippen LogP contribution is 2.24.